The van der Waals surface area contributed by atoms with Crippen molar-refractivity contribution in [3.63, 3.8) is 0 Å². The van der Waals surface area contributed by atoms with Crippen molar-refractivity contribution in [2.24, 2.45) is 0 Å². The van der Waals surface area contributed by atoms with Gasteiger partial charge >= 0.3 is 6.03 Å². The molecule has 104 valence electrons. The number of fused-ring (bicyclic) bond motifs is 1. The molecule has 0 aromatic heterocycles. The predicted molar refractivity (Wildman–Crippen MR) is 75.1 cm³/mol. The van der Waals surface area contributed by atoms with Crippen molar-refractivity contribution < 1.29 is 4.79 Å². The van der Waals surface area contributed by atoms with Crippen LogP contribution in [0.1, 0.15) is 11.5 Å². The van der Waals surface area contributed by atoms with Gasteiger partial charge in [0, 0.05) is 32.7 Å². The Morgan fingerprint density at radius 3 is 2.90 bits per heavy atom. The summed E-state index contributed by atoms with van der Waals surface area (Å²) in [5, 5.41) is 12.3. The van der Waals surface area contributed by atoms with Crippen LogP contribution < -0.4 is 5.32 Å². The molecule has 1 N–H and O–H groups in total. The van der Waals surface area contributed by atoms with Crippen LogP contribution in [0.5, 0.6) is 0 Å². The molecule has 2 unspecified atom stereocenters. The van der Waals surface area contributed by atoms with E-state index in [1.807, 2.05) is 35.2 Å². The SMILES string of the molecule is N#CC(CN1CCN2C(=O)NCC2C1)c1ccccc1. The Bertz CT molecular complexity index is 524. The Labute approximate surface area is 118 Å². The fourth-order valence-corrected chi connectivity index (χ4v) is 3.00. The van der Waals surface area contributed by atoms with Gasteiger partial charge in [-0.3, -0.25) is 4.90 Å². The van der Waals surface area contributed by atoms with Crippen molar-refractivity contribution in [2.75, 3.05) is 32.7 Å². The van der Waals surface area contributed by atoms with E-state index in [-0.39, 0.29) is 18.0 Å². The zero-order valence-corrected chi connectivity index (χ0v) is 11.3. The number of piperazine rings is 1. The van der Waals surface area contributed by atoms with Crippen LogP contribution in [-0.2, 0) is 0 Å². The van der Waals surface area contributed by atoms with Gasteiger partial charge in [-0.1, -0.05) is 30.3 Å². The number of benzene rings is 1. The molecule has 2 amide bonds. The van der Waals surface area contributed by atoms with Gasteiger partial charge < -0.3 is 10.2 Å². The molecule has 2 saturated heterocycles. The van der Waals surface area contributed by atoms with Crippen molar-refractivity contribution in [3.8, 4) is 6.07 Å². The molecule has 0 radical (unpaired) electrons. The van der Waals surface area contributed by atoms with Crippen LogP contribution in [0.4, 0.5) is 4.79 Å². The van der Waals surface area contributed by atoms with Crippen LogP contribution in [0.15, 0.2) is 30.3 Å². The van der Waals surface area contributed by atoms with Gasteiger partial charge in [-0.15, -0.1) is 0 Å². The van der Waals surface area contributed by atoms with Crippen LogP contribution in [-0.4, -0.2) is 54.6 Å². The van der Waals surface area contributed by atoms with Crippen molar-refractivity contribution in [2.45, 2.75) is 12.0 Å². The molecule has 5 heteroatoms. The second-order valence-electron chi connectivity index (χ2n) is 5.39. The first-order valence-corrected chi connectivity index (χ1v) is 6.99. The number of nitriles is 1. The molecule has 2 aliphatic rings. The van der Waals surface area contributed by atoms with Crippen molar-refractivity contribution in [3.05, 3.63) is 35.9 Å². The van der Waals surface area contributed by atoms with E-state index >= 15 is 0 Å². The van der Waals surface area contributed by atoms with Crippen molar-refractivity contribution >= 4 is 6.03 Å². The third-order valence-electron chi connectivity index (χ3n) is 4.12. The lowest BCUT2D eigenvalue weighted by Gasteiger charge is -2.37. The molecule has 0 aliphatic carbocycles. The summed E-state index contributed by atoms with van der Waals surface area (Å²) < 4.78 is 0. The molecular weight excluding hydrogens is 252 g/mol. The van der Waals surface area contributed by atoms with Gasteiger partial charge in [-0.05, 0) is 5.56 Å². The highest BCUT2D eigenvalue weighted by Gasteiger charge is 2.35. The molecule has 2 fully saturated rings. The number of carbonyl (C=O) groups excluding carboxylic acids is 1. The minimum Gasteiger partial charge on any atom is -0.336 e. The molecule has 5 nitrogen and oxygen atoms in total. The standard InChI is InChI=1S/C15H18N4O/c16-8-13(12-4-2-1-3-5-12)10-18-6-7-19-14(11-18)9-17-15(19)20/h1-5,13-14H,6-7,9-11H2,(H,17,20). The predicted octanol–water partition coefficient (Wildman–Crippen LogP) is 1.00. The Kier molecular flexibility index (Phi) is 3.57. The van der Waals surface area contributed by atoms with Gasteiger partial charge in [-0.25, -0.2) is 4.79 Å². The topological polar surface area (TPSA) is 59.4 Å². The first-order valence-electron chi connectivity index (χ1n) is 6.99. The van der Waals surface area contributed by atoms with Crippen LogP contribution in [0.25, 0.3) is 0 Å². The van der Waals surface area contributed by atoms with Crippen LogP contribution >= 0.6 is 0 Å². The molecule has 2 aliphatic heterocycles. The third-order valence-corrected chi connectivity index (χ3v) is 4.12. The lowest BCUT2D eigenvalue weighted by atomic mass is 9.99. The summed E-state index contributed by atoms with van der Waals surface area (Å²) in [5.41, 5.74) is 1.07. The third kappa shape index (κ3) is 2.47. The largest absolute Gasteiger partial charge is 0.336 e. The summed E-state index contributed by atoms with van der Waals surface area (Å²) in [6.07, 6.45) is 0. The summed E-state index contributed by atoms with van der Waals surface area (Å²) in [7, 11) is 0. The average molecular weight is 270 g/mol. The first kappa shape index (κ1) is 12.9. The first-order chi connectivity index (χ1) is 9.78. The van der Waals surface area contributed by atoms with Gasteiger partial charge in [0.15, 0.2) is 0 Å². The molecular formula is C15H18N4O. The molecule has 2 heterocycles. The minimum atomic E-state index is -0.104. The molecule has 1 aromatic carbocycles. The summed E-state index contributed by atoms with van der Waals surface area (Å²) in [5.74, 6) is -0.104. The second-order valence-corrected chi connectivity index (χ2v) is 5.39. The monoisotopic (exact) mass is 270 g/mol. The van der Waals surface area contributed by atoms with Crippen LogP contribution in [0.2, 0.25) is 0 Å². The van der Waals surface area contributed by atoms with Crippen molar-refractivity contribution in [1.82, 2.24) is 15.1 Å². The number of rotatable bonds is 3. The number of urea groups is 1. The number of amides is 2. The lowest BCUT2D eigenvalue weighted by Crippen LogP contribution is -2.52. The van der Waals surface area contributed by atoms with Crippen molar-refractivity contribution in [1.29, 1.82) is 5.26 Å². The van der Waals surface area contributed by atoms with Crippen LogP contribution in [0.3, 0.4) is 0 Å². The maximum Gasteiger partial charge on any atom is 0.317 e. The van der Waals surface area contributed by atoms with Gasteiger partial charge in [-0.2, -0.15) is 5.26 Å². The Balaban J connectivity index is 1.64. The Morgan fingerprint density at radius 1 is 1.35 bits per heavy atom. The Morgan fingerprint density at radius 2 is 2.15 bits per heavy atom. The van der Waals surface area contributed by atoms with E-state index < -0.39 is 0 Å². The zero-order chi connectivity index (χ0) is 13.9. The second kappa shape index (κ2) is 5.51. The van der Waals surface area contributed by atoms with E-state index in [1.165, 1.54) is 0 Å². The normalized spacial score (nSPS) is 23.9. The van der Waals surface area contributed by atoms with Crippen LogP contribution in [0, 0.1) is 11.3 Å². The Hall–Kier alpha value is -2.06. The highest BCUT2D eigenvalue weighted by atomic mass is 16.2. The van der Waals surface area contributed by atoms with E-state index in [4.69, 9.17) is 0 Å². The van der Waals surface area contributed by atoms with E-state index in [2.05, 4.69) is 16.3 Å². The molecule has 20 heavy (non-hydrogen) atoms. The van der Waals surface area contributed by atoms with E-state index in [1.54, 1.807) is 0 Å². The maximum absolute atomic E-state index is 11.6. The highest BCUT2D eigenvalue weighted by molar-refractivity contribution is 5.77. The van der Waals surface area contributed by atoms with Gasteiger partial charge in [0.1, 0.15) is 0 Å². The quantitative estimate of drug-likeness (QED) is 0.891. The fourth-order valence-electron chi connectivity index (χ4n) is 3.00. The number of nitrogens with one attached hydrogen (secondary N) is 1. The summed E-state index contributed by atoms with van der Waals surface area (Å²) >= 11 is 0. The van der Waals surface area contributed by atoms with Gasteiger partial charge in [0.05, 0.1) is 18.0 Å². The molecule has 3 rings (SSSR count). The summed E-state index contributed by atoms with van der Waals surface area (Å²) in [4.78, 5) is 15.8. The number of nitrogens with zero attached hydrogens (tertiary/aromatic N) is 3. The smallest absolute Gasteiger partial charge is 0.317 e. The van der Waals surface area contributed by atoms with E-state index in [0.717, 1.165) is 38.3 Å². The summed E-state index contributed by atoms with van der Waals surface area (Å²) in [6.45, 7) is 3.90. The van der Waals surface area contributed by atoms with E-state index in [0.29, 0.717) is 0 Å². The molecule has 0 saturated carbocycles. The van der Waals surface area contributed by atoms with Gasteiger partial charge in [0.2, 0.25) is 0 Å². The molecule has 2 atom stereocenters. The zero-order valence-electron chi connectivity index (χ0n) is 11.3. The van der Waals surface area contributed by atoms with E-state index in [9.17, 15) is 10.1 Å². The average Bonchev–Trinajstić information content (AvgIpc) is 2.86. The minimum absolute atomic E-state index is 0.0505. The lowest BCUT2D eigenvalue weighted by molar-refractivity contribution is 0.120. The molecule has 1 aromatic rings. The number of carbonyl (C=O) groups is 1. The highest BCUT2D eigenvalue weighted by Crippen LogP contribution is 2.20. The number of hydrogen-bond donors (Lipinski definition) is 1. The van der Waals surface area contributed by atoms with Gasteiger partial charge in [0.25, 0.3) is 0 Å². The molecule has 0 bridgehead atoms. The number of hydrogen-bond acceptors (Lipinski definition) is 3. The summed E-state index contributed by atoms with van der Waals surface area (Å²) in [6, 6.07) is 12.6. The molecule has 0 spiro atoms. The fraction of sp³-hybridized carbons (Fsp3) is 0.467. The maximum atomic E-state index is 11.6.